The monoisotopic (exact) mass is 296 g/mol. The van der Waals surface area contributed by atoms with Crippen molar-refractivity contribution >= 4 is 15.9 Å². The lowest BCUT2D eigenvalue weighted by atomic mass is 10.1. The van der Waals surface area contributed by atoms with Gasteiger partial charge in [0.2, 0.25) is 15.9 Å². The fraction of sp³-hybridized carbons (Fsp3) is 0.500. The van der Waals surface area contributed by atoms with Gasteiger partial charge in [-0.25, -0.2) is 13.1 Å². The molecule has 20 heavy (non-hydrogen) atoms. The molecule has 1 aromatic carbocycles. The molecule has 1 aliphatic carbocycles. The molecule has 0 aliphatic heterocycles. The van der Waals surface area contributed by atoms with Gasteiger partial charge in [-0.15, -0.1) is 0 Å². The fourth-order valence-corrected chi connectivity index (χ4v) is 2.66. The van der Waals surface area contributed by atoms with Crippen molar-refractivity contribution in [1.82, 2.24) is 10.0 Å². The van der Waals surface area contributed by atoms with Crippen LogP contribution < -0.4 is 10.0 Å². The Morgan fingerprint density at radius 2 is 1.95 bits per heavy atom. The zero-order chi connectivity index (χ0) is 14.6. The van der Waals surface area contributed by atoms with Crippen molar-refractivity contribution in [2.75, 3.05) is 5.75 Å². The van der Waals surface area contributed by atoms with Gasteiger partial charge in [0.15, 0.2) is 0 Å². The summed E-state index contributed by atoms with van der Waals surface area (Å²) in [6, 6.07) is 8.88. The van der Waals surface area contributed by atoms with Crippen molar-refractivity contribution in [3.63, 3.8) is 0 Å². The predicted molar refractivity (Wildman–Crippen MR) is 77.7 cm³/mol. The number of carbonyl (C=O) groups excluding carboxylic acids is 1. The van der Waals surface area contributed by atoms with Crippen LogP contribution in [-0.2, 0) is 21.2 Å². The van der Waals surface area contributed by atoms with Crippen LogP contribution in [0.1, 0.15) is 25.3 Å². The molecule has 1 aliphatic rings. The first-order valence-electron chi connectivity index (χ1n) is 6.84. The van der Waals surface area contributed by atoms with Crippen LogP contribution >= 0.6 is 0 Å². The molecule has 0 radical (unpaired) electrons. The summed E-state index contributed by atoms with van der Waals surface area (Å²) in [7, 11) is -3.41. The number of hydrogen-bond donors (Lipinski definition) is 2. The molecule has 110 valence electrons. The second-order valence-electron chi connectivity index (χ2n) is 5.05. The van der Waals surface area contributed by atoms with E-state index in [4.69, 9.17) is 0 Å². The molecule has 0 saturated heterocycles. The van der Waals surface area contributed by atoms with E-state index in [9.17, 15) is 13.2 Å². The molecule has 2 rings (SSSR count). The average molecular weight is 296 g/mol. The van der Waals surface area contributed by atoms with Crippen molar-refractivity contribution in [1.29, 1.82) is 0 Å². The third-order valence-corrected chi connectivity index (χ3v) is 4.63. The third-order valence-electron chi connectivity index (χ3n) is 3.22. The number of sulfonamides is 1. The maximum atomic E-state index is 12.2. The van der Waals surface area contributed by atoms with E-state index in [0.717, 1.165) is 18.4 Å². The van der Waals surface area contributed by atoms with Gasteiger partial charge in [0, 0.05) is 6.04 Å². The maximum Gasteiger partial charge on any atom is 0.238 e. The van der Waals surface area contributed by atoms with Crippen molar-refractivity contribution < 1.29 is 13.2 Å². The van der Waals surface area contributed by atoms with Crippen molar-refractivity contribution in [2.24, 2.45) is 0 Å². The largest absolute Gasteiger partial charge is 0.352 e. The van der Waals surface area contributed by atoms with Crippen LogP contribution in [0.25, 0.3) is 0 Å². The Morgan fingerprint density at radius 3 is 2.50 bits per heavy atom. The van der Waals surface area contributed by atoms with Gasteiger partial charge in [-0.3, -0.25) is 4.79 Å². The smallest absolute Gasteiger partial charge is 0.238 e. The van der Waals surface area contributed by atoms with Crippen molar-refractivity contribution in [3.05, 3.63) is 35.9 Å². The summed E-state index contributed by atoms with van der Waals surface area (Å²) in [6.45, 7) is 1.56. The molecule has 0 unspecified atom stereocenters. The van der Waals surface area contributed by atoms with Crippen molar-refractivity contribution in [2.45, 2.75) is 38.3 Å². The molecular formula is C14H20N2O3S. The Kier molecular flexibility index (Phi) is 4.77. The summed E-state index contributed by atoms with van der Waals surface area (Å²) in [5, 5.41) is 2.85. The summed E-state index contributed by atoms with van der Waals surface area (Å²) in [5.41, 5.74) is 0.933. The van der Waals surface area contributed by atoms with Crippen LogP contribution in [0.4, 0.5) is 0 Å². The molecule has 1 amide bonds. The summed E-state index contributed by atoms with van der Waals surface area (Å²) in [4.78, 5) is 12.2. The summed E-state index contributed by atoms with van der Waals surface area (Å²) >= 11 is 0. The maximum absolute atomic E-state index is 12.2. The van der Waals surface area contributed by atoms with E-state index < -0.39 is 16.1 Å². The highest BCUT2D eigenvalue weighted by Crippen LogP contribution is 2.19. The molecule has 5 nitrogen and oxygen atoms in total. The van der Waals surface area contributed by atoms with Crippen LogP contribution in [0.3, 0.4) is 0 Å². The molecule has 1 fully saturated rings. The average Bonchev–Trinajstić information content (AvgIpc) is 3.23. The van der Waals surface area contributed by atoms with Gasteiger partial charge in [-0.1, -0.05) is 30.3 Å². The molecule has 1 aromatic rings. The minimum Gasteiger partial charge on any atom is -0.352 e. The van der Waals surface area contributed by atoms with Crippen LogP contribution in [-0.4, -0.2) is 32.2 Å². The normalized spacial score (nSPS) is 16.6. The SMILES string of the molecule is CCS(=O)(=O)N[C@@H](Cc1ccccc1)C(=O)NC1CC1. The van der Waals surface area contributed by atoms with Gasteiger partial charge in [0.05, 0.1) is 5.75 Å². The van der Waals surface area contributed by atoms with E-state index >= 15 is 0 Å². The summed E-state index contributed by atoms with van der Waals surface area (Å²) in [5.74, 6) is -0.275. The second-order valence-corrected chi connectivity index (χ2v) is 7.09. The van der Waals surface area contributed by atoms with Crippen LogP contribution in [0.15, 0.2) is 30.3 Å². The standard InChI is InChI=1S/C14H20N2O3S/c1-2-20(18,19)16-13(14(17)15-12-8-9-12)10-11-6-4-3-5-7-11/h3-7,12-13,16H,2,8-10H2,1H3,(H,15,17)/t13-/m0/s1. The second kappa shape index (κ2) is 6.37. The lowest BCUT2D eigenvalue weighted by molar-refractivity contribution is -0.122. The van der Waals surface area contributed by atoms with Gasteiger partial charge in [0.25, 0.3) is 0 Å². The molecule has 6 heteroatoms. The first-order valence-corrected chi connectivity index (χ1v) is 8.49. The molecule has 2 N–H and O–H groups in total. The Balaban J connectivity index is 2.08. The zero-order valence-electron chi connectivity index (χ0n) is 11.5. The summed E-state index contributed by atoms with van der Waals surface area (Å²) < 4.78 is 25.9. The Morgan fingerprint density at radius 1 is 1.30 bits per heavy atom. The van der Waals surface area contributed by atoms with Gasteiger partial charge in [-0.05, 0) is 31.7 Å². The molecule has 0 spiro atoms. The Labute approximate surface area is 119 Å². The number of hydrogen-bond acceptors (Lipinski definition) is 3. The molecule has 0 bridgehead atoms. The van der Waals surface area contributed by atoms with Gasteiger partial charge in [-0.2, -0.15) is 0 Å². The quantitative estimate of drug-likeness (QED) is 0.782. The minimum absolute atomic E-state index is 0.0327. The molecule has 1 atom stereocenters. The van der Waals surface area contributed by atoms with Gasteiger partial charge >= 0.3 is 0 Å². The number of benzene rings is 1. The van der Waals surface area contributed by atoms with E-state index in [1.54, 1.807) is 6.92 Å². The van der Waals surface area contributed by atoms with E-state index in [2.05, 4.69) is 10.0 Å². The lowest BCUT2D eigenvalue weighted by Gasteiger charge is -2.18. The predicted octanol–water partition coefficient (Wildman–Crippen LogP) is 0.816. The molecule has 1 saturated carbocycles. The highest BCUT2D eigenvalue weighted by Gasteiger charge is 2.29. The fourth-order valence-electron chi connectivity index (χ4n) is 1.87. The number of nitrogens with one attached hydrogen (secondary N) is 2. The Hall–Kier alpha value is -1.40. The number of rotatable bonds is 7. The van der Waals surface area contributed by atoms with E-state index in [0.29, 0.717) is 6.42 Å². The topological polar surface area (TPSA) is 75.3 Å². The molecule has 0 aromatic heterocycles. The third kappa shape index (κ3) is 4.61. The van der Waals surface area contributed by atoms with E-state index in [1.807, 2.05) is 30.3 Å². The van der Waals surface area contributed by atoms with Crippen LogP contribution in [0.5, 0.6) is 0 Å². The van der Waals surface area contributed by atoms with E-state index in [1.165, 1.54) is 0 Å². The Bertz CT molecular complexity index is 553. The summed E-state index contributed by atoms with van der Waals surface area (Å²) in [6.07, 6.45) is 2.31. The van der Waals surface area contributed by atoms with Gasteiger partial charge < -0.3 is 5.32 Å². The first kappa shape index (κ1) is 15.0. The van der Waals surface area contributed by atoms with E-state index in [-0.39, 0.29) is 17.7 Å². The minimum atomic E-state index is -3.41. The first-order chi connectivity index (χ1) is 9.50. The number of carbonyl (C=O) groups is 1. The zero-order valence-corrected chi connectivity index (χ0v) is 12.3. The lowest BCUT2D eigenvalue weighted by Crippen LogP contribution is -2.48. The molecule has 0 heterocycles. The number of amides is 1. The molecular weight excluding hydrogens is 276 g/mol. The van der Waals surface area contributed by atoms with Crippen molar-refractivity contribution in [3.8, 4) is 0 Å². The highest BCUT2D eigenvalue weighted by atomic mass is 32.2. The highest BCUT2D eigenvalue weighted by molar-refractivity contribution is 7.89. The van der Waals surface area contributed by atoms with Crippen LogP contribution in [0, 0.1) is 0 Å². The van der Waals surface area contributed by atoms with Gasteiger partial charge in [0.1, 0.15) is 6.04 Å². The van der Waals surface area contributed by atoms with Crippen LogP contribution in [0.2, 0.25) is 0 Å².